The molecule has 0 aromatic heterocycles. The Bertz CT molecular complexity index is 130. The summed E-state index contributed by atoms with van der Waals surface area (Å²) in [5.41, 5.74) is 0. The molecule has 0 aromatic carbocycles. The second-order valence-corrected chi connectivity index (χ2v) is 2.75. The lowest BCUT2D eigenvalue weighted by molar-refractivity contribution is 0.131. The summed E-state index contributed by atoms with van der Waals surface area (Å²) in [4.78, 5) is 0. The fourth-order valence-corrected chi connectivity index (χ4v) is 0.865. The van der Waals surface area contributed by atoms with Crippen LogP contribution in [0, 0.1) is 0 Å². The Morgan fingerprint density at radius 3 is 2.50 bits per heavy atom. The highest BCUT2D eigenvalue weighted by Gasteiger charge is 1.92. The van der Waals surface area contributed by atoms with Gasteiger partial charge in [-0.1, -0.05) is 18.2 Å². The van der Waals surface area contributed by atoms with Crippen molar-refractivity contribution in [1.82, 2.24) is 0 Å². The van der Waals surface area contributed by atoms with E-state index in [9.17, 15) is 0 Å². The molecule has 0 saturated carbocycles. The van der Waals surface area contributed by atoms with Crippen LogP contribution in [0.5, 0.6) is 0 Å². The average molecular weight is 170 g/mol. The molecule has 2 heteroatoms. The van der Waals surface area contributed by atoms with Gasteiger partial charge in [-0.3, -0.25) is 0 Å². The molecule has 12 heavy (non-hydrogen) atoms. The second-order valence-electron chi connectivity index (χ2n) is 2.75. The Morgan fingerprint density at radius 2 is 1.92 bits per heavy atom. The van der Waals surface area contributed by atoms with Crippen LogP contribution >= 0.6 is 0 Å². The number of hydrogen-bond donors (Lipinski definition) is 2. The molecule has 0 bridgehead atoms. The van der Waals surface area contributed by atoms with Gasteiger partial charge in [-0.2, -0.15) is 0 Å². The number of hydrogen-bond acceptors (Lipinski definition) is 2. The van der Waals surface area contributed by atoms with E-state index in [-0.39, 0.29) is 6.61 Å². The van der Waals surface area contributed by atoms with E-state index in [2.05, 4.69) is 6.58 Å². The van der Waals surface area contributed by atoms with Crippen molar-refractivity contribution in [3.05, 3.63) is 24.8 Å². The molecule has 0 heterocycles. The Labute approximate surface area is 74.2 Å². The van der Waals surface area contributed by atoms with Crippen LogP contribution < -0.4 is 0 Å². The number of aliphatic hydroxyl groups excluding tert-OH is 2. The number of allylic oxidation sites excluding steroid dienone is 2. The van der Waals surface area contributed by atoms with Crippen LogP contribution in [0.2, 0.25) is 0 Å². The van der Waals surface area contributed by atoms with E-state index in [1.165, 1.54) is 0 Å². The van der Waals surface area contributed by atoms with Crippen LogP contribution in [0.25, 0.3) is 0 Å². The quantitative estimate of drug-likeness (QED) is 0.450. The zero-order chi connectivity index (χ0) is 9.23. The molecule has 70 valence electrons. The molecule has 0 saturated heterocycles. The van der Waals surface area contributed by atoms with E-state index in [0.29, 0.717) is 0 Å². The summed E-state index contributed by atoms with van der Waals surface area (Å²) in [7, 11) is 0. The van der Waals surface area contributed by atoms with Crippen molar-refractivity contribution in [3.63, 3.8) is 0 Å². The van der Waals surface area contributed by atoms with Crippen molar-refractivity contribution in [3.8, 4) is 0 Å². The van der Waals surface area contributed by atoms with Crippen LogP contribution in [0.4, 0.5) is 0 Å². The van der Waals surface area contributed by atoms with Gasteiger partial charge in [0.2, 0.25) is 0 Å². The summed E-state index contributed by atoms with van der Waals surface area (Å²) in [5, 5.41) is 17.4. The van der Waals surface area contributed by atoms with E-state index in [1.807, 2.05) is 12.2 Å². The molecular weight excluding hydrogens is 152 g/mol. The highest BCUT2D eigenvalue weighted by Crippen LogP contribution is 2.01. The fraction of sp³-hybridized carbons (Fsp3) is 0.600. The van der Waals surface area contributed by atoms with Gasteiger partial charge < -0.3 is 10.2 Å². The molecule has 0 rings (SSSR count). The van der Waals surface area contributed by atoms with Crippen molar-refractivity contribution in [2.24, 2.45) is 0 Å². The molecule has 0 aliphatic rings. The summed E-state index contributed by atoms with van der Waals surface area (Å²) in [6.45, 7) is 3.44. The monoisotopic (exact) mass is 170 g/mol. The lowest BCUT2D eigenvalue weighted by Gasteiger charge is -1.97. The molecule has 0 aliphatic carbocycles. The Kier molecular flexibility index (Phi) is 8.07. The average Bonchev–Trinajstić information content (AvgIpc) is 2.10. The van der Waals surface area contributed by atoms with Gasteiger partial charge in [0, 0.05) is 0 Å². The Hall–Kier alpha value is -0.600. The molecule has 0 unspecified atom stereocenters. The van der Waals surface area contributed by atoms with Crippen molar-refractivity contribution >= 4 is 0 Å². The van der Waals surface area contributed by atoms with Gasteiger partial charge in [-0.05, 0) is 25.7 Å². The maximum absolute atomic E-state index is 8.91. The summed E-state index contributed by atoms with van der Waals surface area (Å²) < 4.78 is 0. The van der Waals surface area contributed by atoms with Crippen LogP contribution in [-0.2, 0) is 0 Å². The van der Waals surface area contributed by atoms with Crippen LogP contribution in [0.1, 0.15) is 25.7 Å². The van der Waals surface area contributed by atoms with Gasteiger partial charge in [-0.25, -0.2) is 0 Å². The molecule has 0 fully saturated rings. The maximum atomic E-state index is 8.91. The predicted octanol–water partition coefficient (Wildman–Crippen LogP) is 1.64. The first kappa shape index (κ1) is 11.4. The first-order chi connectivity index (χ1) is 5.81. The van der Waals surface area contributed by atoms with Gasteiger partial charge in [0.1, 0.15) is 0 Å². The van der Waals surface area contributed by atoms with E-state index >= 15 is 0 Å². The SMILES string of the molecule is C=CCCCC/C=C\[C@H](O)CO. The molecule has 1 atom stereocenters. The lowest BCUT2D eigenvalue weighted by atomic mass is 10.2. The standard InChI is InChI=1S/C10H18O2/c1-2-3-4-5-6-7-8-10(12)9-11/h2,7-8,10-12H,1,3-6,9H2/b8-7-/t10-/m0/s1. The third kappa shape index (κ3) is 7.51. The molecule has 0 amide bonds. The molecule has 2 N–H and O–H groups in total. The van der Waals surface area contributed by atoms with Gasteiger partial charge in [0.05, 0.1) is 12.7 Å². The summed E-state index contributed by atoms with van der Waals surface area (Å²) in [6, 6.07) is 0. The first-order valence-corrected chi connectivity index (χ1v) is 4.37. The van der Waals surface area contributed by atoms with Gasteiger partial charge >= 0.3 is 0 Å². The zero-order valence-corrected chi connectivity index (χ0v) is 7.45. The number of aliphatic hydroxyl groups is 2. The third-order valence-electron chi connectivity index (χ3n) is 1.57. The summed E-state index contributed by atoms with van der Waals surface area (Å²) in [6.07, 6.45) is 9.03. The van der Waals surface area contributed by atoms with E-state index < -0.39 is 6.10 Å². The minimum Gasteiger partial charge on any atom is -0.393 e. The smallest absolute Gasteiger partial charge is 0.0951 e. The van der Waals surface area contributed by atoms with Gasteiger partial charge in [0.15, 0.2) is 0 Å². The van der Waals surface area contributed by atoms with Crippen LogP contribution in [0.3, 0.4) is 0 Å². The normalized spacial score (nSPS) is 13.5. The maximum Gasteiger partial charge on any atom is 0.0951 e. The molecule has 2 nitrogen and oxygen atoms in total. The molecule has 0 radical (unpaired) electrons. The number of rotatable bonds is 7. The highest BCUT2D eigenvalue weighted by atomic mass is 16.3. The summed E-state index contributed by atoms with van der Waals surface area (Å²) in [5.74, 6) is 0. The topological polar surface area (TPSA) is 40.5 Å². The highest BCUT2D eigenvalue weighted by molar-refractivity contribution is 4.88. The van der Waals surface area contributed by atoms with Crippen molar-refractivity contribution in [1.29, 1.82) is 0 Å². The van der Waals surface area contributed by atoms with Gasteiger partial charge in [-0.15, -0.1) is 6.58 Å². The Balaban J connectivity index is 3.18. The van der Waals surface area contributed by atoms with E-state index in [1.54, 1.807) is 6.08 Å². The zero-order valence-electron chi connectivity index (χ0n) is 7.45. The first-order valence-electron chi connectivity index (χ1n) is 4.37. The molecular formula is C10H18O2. The number of unbranched alkanes of at least 4 members (excludes halogenated alkanes) is 3. The minimum atomic E-state index is -0.690. The fourth-order valence-electron chi connectivity index (χ4n) is 0.865. The minimum absolute atomic E-state index is 0.191. The van der Waals surface area contributed by atoms with Crippen LogP contribution in [0.15, 0.2) is 24.8 Å². The Morgan fingerprint density at radius 1 is 1.25 bits per heavy atom. The van der Waals surface area contributed by atoms with E-state index in [4.69, 9.17) is 10.2 Å². The molecule has 0 aromatic rings. The van der Waals surface area contributed by atoms with Crippen molar-refractivity contribution in [2.45, 2.75) is 31.8 Å². The van der Waals surface area contributed by atoms with Crippen molar-refractivity contribution < 1.29 is 10.2 Å². The largest absolute Gasteiger partial charge is 0.393 e. The van der Waals surface area contributed by atoms with Gasteiger partial charge in [0.25, 0.3) is 0 Å². The third-order valence-corrected chi connectivity index (χ3v) is 1.57. The van der Waals surface area contributed by atoms with Crippen molar-refractivity contribution in [2.75, 3.05) is 6.61 Å². The summed E-state index contributed by atoms with van der Waals surface area (Å²) >= 11 is 0. The molecule has 0 spiro atoms. The predicted molar refractivity (Wildman–Crippen MR) is 50.9 cm³/mol. The lowest BCUT2D eigenvalue weighted by Crippen LogP contribution is -2.06. The molecule has 0 aliphatic heterocycles. The second kappa shape index (κ2) is 8.50. The van der Waals surface area contributed by atoms with E-state index in [0.717, 1.165) is 25.7 Å². The van der Waals surface area contributed by atoms with Crippen LogP contribution in [-0.4, -0.2) is 22.9 Å².